The topological polar surface area (TPSA) is 101 Å². The third kappa shape index (κ3) is 6.35. The molecule has 0 amide bonds. The van der Waals surface area contributed by atoms with Crippen molar-refractivity contribution in [2.24, 2.45) is 0 Å². The first-order valence-corrected chi connectivity index (χ1v) is 8.02. The molecule has 0 aliphatic rings. The number of carboxylic acids is 1. The standard InChI is InChI=1S/C19H21N3O4/c1-19(2,3)26-18(25)12-20-15-6-4-5-13(9-15)14-10-21-16(22-11-14)7-8-17(23)24/h4-11,20H,12H2,1-3H3,(H,23,24). The SMILES string of the molecule is CC(C)(C)OC(=O)CNc1cccc(-c2cnc(C=CC(=O)O)nc2)c1. The van der Waals surface area contributed by atoms with E-state index in [0.717, 1.165) is 22.9 Å². The number of carbonyl (C=O) groups excluding carboxylic acids is 1. The van der Waals surface area contributed by atoms with E-state index in [0.29, 0.717) is 5.82 Å². The zero-order valence-corrected chi connectivity index (χ0v) is 14.9. The van der Waals surface area contributed by atoms with Crippen LogP contribution < -0.4 is 5.32 Å². The highest BCUT2D eigenvalue weighted by Crippen LogP contribution is 2.21. The molecule has 136 valence electrons. The molecule has 2 rings (SSSR count). The van der Waals surface area contributed by atoms with Crippen LogP contribution in [0.25, 0.3) is 17.2 Å². The normalized spacial score (nSPS) is 11.3. The van der Waals surface area contributed by atoms with Crippen LogP contribution in [0.2, 0.25) is 0 Å². The first-order valence-electron chi connectivity index (χ1n) is 8.02. The molecule has 0 saturated heterocycles. The van der Waals surface area contributed by atoms with Gasteiger partial charge in [-0.05, 0) is 44.5 Å². The number of ether oxygens (including phenoxy) is 1. The van der Waals surface area contributed by atoms with Gasteiger partial charge >= 0.3 is 11.9 Å². The molecule has 0 spiro atoms. The number of benzene rings is 1. The van der Waals surface area contributed by atoms with Crippen LogP contribution in [0.1, 0.15) is 26.6 Å². The van der Waals surface area contributed by atoms with Crippen molar-refractivity contribution in [3.8, 4) is 11.1 Å². The first-order chi connectivity index (χ1) is 12.2. The van der Waals surface area contributed by atoms with Gasteiger partial charge in [0.2, 0.25) is 0 Å². The minimum Gasteiger partial charge on any atom is -0.478 e. The van der Waals surface area contributed by atoms with E-state index in [9.17, 15) is 9.59 Å². The van der Waals surface area contributed by atoms with Gasteiger partial charge in [-0.3, -0.25) is 4.79 Å². The summed E-state index contributed by atoms with van der Waals surface area (Å²) in [5, 5.41) is 11.6. The van der Waals surface area contributed by atoms with Crippen LogP contribution in [0.3, 0.4) is 0 Å². The molecule has 7 heteroatoms. The van der Waals surface area contributed by atoms with Crippen LogP contribution in [-0.4, -0.2) is 39.2 Å². The van der Waals surface area contributed by atoms with Crippen molar-refractivity contribution >= 4 is 23.7 Å². The number of aliphatic carboxylic acids is 1. The second-order valence-electron chi connectivity index (χ2n) is 6.52. The smallest absolute Gasteiger partial charge is 0.328 e. The summed E-state index contributed by atoms with van der Waals surface area (Å²) in [5.41, 5.74) is 1.89. The van der Waals surface area contributed by atoms with E-state index in [1.807, 2.05) is 45.0 Å². The van der Waals surface area contributed by atoms with E-state index in [4.69, 9.17) is 9.84 Å². The predicted octanol–water partition coefficient (Wildman–Crippen LogP) is 3.00. The molecule has 1 aromatic heterocycles. The van der Waals surface area contributed by atoms with Gasteiger partial charge in [0, 0.05) is 29.7 Å². The maximum atomic E-state index is 11.8. The average molecular weight is 355 g/mol. The fourth-order valence-corrected chi connectivity index (χ4v) is 2.08. The Bertz CT molecular complexity index is 808. The molecule has 7 nitrogen and oxygen atoms in total. The summed E-state index contributed by atoms with van der Waals surface area (Å²) < 4.78 is 5.26. The Morgan fingerprint density at radius 2 is 1.88 bits per heavy atom. The van der Waals surface area contributed by atoms with Crippen molar-refractivity contribution < 1.29 is 19.4 Å². The molecule has 2 N–H and O–H groups in total. The zero-order valence-electron chi connectivity index (χ0n) is 14.9. The zero-order chi connectivity index (χ0) is 19.2. The summed E-state index contributed by atoms with van der Waals surface area (Å²) in [7, 11) is 0. The summed E-state index contributed by atoms with van der Waals surface area (Å²) >= 11 is 0. The summed E-state index contributed by atoms with van der Waals surface area (Å²) in [4.78, 5) is 30.5. The van der Waals surface area contributed by atoms with Crippen LogP contribution in [0.4, 0.5) is 5.69 Å². The van der Waals surface area contributed by atoms with Crippen LogP contribution in [0, 0.1) is 0 Å². The number of nitrogens with zero attached hydrogens (tertiary/aromatic N) is 2. The second kappa shape index (κ2) is 8.24. The van der Waals surface area contributed by atoms with E-state index < -0.39 is 11.6 Å². The van der Waals surface area contributed by atoms with E-state index in [-0.39, 0.29) is 12.5 Å². The summed E-state index contributed by atoms with van der Waals surface area (Å²) in [5.74, 6) is -1.07. The fourth-order valence-electron chi connectivity index (χ4n) is 2.08. The third-order valence-corrected chi connectivity index (χ3v) is 3.10. The van der Waals surface area contributed by atoms with Crippen molar-refractivity contribution in [2.75, 3.05) is 11.9 Å². The maximum Gasteiger partial charge on any atom is 0.328 e. The minimum atomic E-state index is -1.05. The quantitative estimate of drug-likeness (QED) is 0.606. The maximum absolute atomic E-state index is 11.8. The Kier molecular flexibility index (Phi) is 6.06. The molecular formula is C19H21N3O4. The van der Waals surface area contributed by atoms with Crippen LogP contribution in [0.15, 0.2) is 42.7 Å². The number of rotatable bonds is 6. The van der Waals surface area contributed by atoms with Crippen molar-refractivity contribution in [2.45, 2.75) is 26.4 Å². The molecule has 1 heterocycles. The largest absolute Gasteiger partial charge is 0.478 e. The molecule has 0 fully saturated rings. The Balaban J connectivity index is 2.04. The summed E-state index contributed by atoms with van der Waals surface area (Å²) in [6, 6.07) is 7.46. The van der Waals surface area contributed by atoms with Crippen molar-refractivity contribution in [1.29, 1.82) is 0 Å². The molecule has 1 aromatic carbocycles. The molecule has 0 atom stereocenters. The number of anilines is 1. The van der Waals surface area contributed by atoms with Gasteiger partial charge in [0.05, 0.1) is 0 Å². The van der Waals surface area contributed by atoms with Crippen LogP contribution >= 0.6 is 0 Å². The minimum absolute atomic E-state index is 0.0656. The van der Waals surface area contributed by atoms with E-state index >= 15 is 0 Å². The molecule has 0 saturated carbocycles. The molecule has 26 heavy (non-hydrogen) atoms. The second-order valence-corrected chi connectivity index (χ2v) is 6.52. The van der Waals surface area contributed by atoms with Gasteiger partial charge in [0.1, 0.15) is 12.1 Å². The fraction of sp³-hybridized carbons (Fsp3) is 0.263. The predicted molar refractivity (Wildman–Crippen MR) is 98.5 cm³/mol. The van der Waals surface area contributed by atoms with E-state index in [1.54, 1.807) is 12.4 Å². The molecular weight excluding hydrogens is 334 g/mol. The number of carboxylic acid groups (broad SMARTS) is 1. The highest BCUT2D eigenvalue weighted by molar-refractivity contribution is 5.84. The van der Waals surface area contributed by atoms with E-state index in [2.05, 4.69) is 15.3 Å². The van der Waals surface area contributed by atoms with Gasteiger partial charge in [0.15, 0.2) is 5.82 Å². The van der Waals surface area contributed by atoms with Gasteiger partial charge < -0.3 is 15.2 Å². The molecule has 2 aromatic rings. The van der Waals surface area contributed by atoms with Crippen molar-refractivity contribution in [3.05, 3.63) is 48.6 Å². The number of esters is 1. The Morgan fingerprint density at radius 1 is 1.19 bits per heavy atom. The lowest BCUT2D eigenvalue weighted by molar-refractivity contribution is -0.152. The lowest BCUT2D eigenvalue weighted by atomic mass is 10.1. The summed E-state index contributed by atoms with van der Waals surface area (Å²) in [6.45, 7) is 5.53. The Labute approximate surface area is 151 Å². The van der Waals surface area contributed by atoms with Gasteiger partial charge in [-0.1, -0.05) is 12.1 Å². The Hall–Kier alpha value is -3.22. The number of nitrogens with one attached hydrogen (secondary N) is 1. The number of hydrogen-bond donors (Lipinski definition) is 2. The van der Waals surface area contributed by atoms with Gasteiger partial charge in [-0.2, -0.15) is 0 Å². The number of hydrogen-bond acceptors (Lipinski definition) is 6. The molecule has 0 bridgehead atoms. The van der Waals surface area contributed by atoms with Crippen LogP contribution in [0.5, 0.6) is 0 Å². The molecule has 0 unspecified atom stereocenters. The monoisotopic (exact) mass is 355 g/mol. The molecule has 0 aliphatic carbocycles. The highest BCUT2D eigenvalue weighted by atomic mass is 16.6. The van der Waals surface area contributed by atoms with Gasteiger partial charge in [0.25, 0.3) is 0 Å². The van der Waals surface area contributed by atoms with Crippen LogP contribution in [-0.2, 0) is 14.3 Å². The third-order valence-electron chi connectivity index (χ3n) is 3.10. The van der Waals surface area contributed by atoms with Gasteiger partial charge in [-0.15, -0.1) is 0 Å². The average Bonchev–Trinajstić information content (AvgIpc) is 2.57. The lowest BCUT2D eigenvalue weighted by Gasteiger charge is -2.19. The van der Waals surface area contributed by atoms with Crippen molar-refractivity contribution in [1.82, 2.24) is 9.97 Å². The van der Waals surface area contributed by atoms with E-state index in [1.165, 1.54) is 6.08 Å². The van der Waals surface area contributed by atoms with Crippen molar-refractivity contribution in [3.63, 3.8) is 0 Å². The number of carbonyl (C=O) groups is 2. The summed E-state index contributed by atoms with van der Waals surface area (Å²) in [6.07, 6.45) is 5.53. The first kappa shape index (κ1) is 19.1. The Morgan fingerprint density at radius 3 is 2.50 bits per heavy atom. The van der Waals surface area contributed by atoms with Gasteiger partial charge in [-0.25, -0.2) is 14.8 Å². The lowest BCUT2D eigenvalue weighted by Crippen LogP contribution is -2.28. The molecule has 0 radical (unpaired) electrons. The highest BCUT2D eigenvalue weighted by Gasteiger charge is 2.15. The molecule has 0 aliphatic heterocycles. The number of aromatic nitrogens is 2.